The first-order chi connectivity index (χ1) is 16.0. The molecule has 6 nitrogen and oxygen atoms in total. The van der Waals surface area contributed by atoms with E-state index < -0.39 is 0 Å². The second-order valence-electron chi connectivity index (χ2n) is 9.73. The van der Waals surface area contributed by atoms with Gasteiger partial charge in [0.2, 0.25) is 0 Å². The van der Waals surface area contributed by atoms with E-state index in [9.17, 15) is 4.79 Å². The van der Waals surface area contributed by atoms with Gasteiger partial charge in [0, 0.05) is 42.5 Å². The number of pyridine rings is 1. The number of amides is 1. The van der Waals surface area contributed by atoms with Gasteiger partial charge in [0.05, 0.1) is 11.3 Å². The molecule has 2 fully saturated rings. The van der Waals surface area contributed by atoms with E-state index in [1.54, 1.807) is 0 Å². The third-order valence-corrected chi connectivity index (χ3v) is 7.20. The van der Waals surface area contributed by atoms with Crippen molar-refractivity contribution < 1.29 is 9.21 Å². The number of carbonyl (C=O) groups is 1. The van der Waals surface area contributed by atoms with E-state index in [4.69, 9.17) is 9.40 Å². The first kappa shape index (κ1) is 21.8. The van der Waals surface area contributed by atoms with E-state index in [0.29, 0.717) is 29.9 Å². The van der Waals surface area contributed by atoms with Crippen LogP contribution in [0, 0.1) is 26.7 Å². The Hall–Kier alpha value is -3.02. The van der Waals surface area contributed by atoms with Crippen LogP contribution in [0.3, 0.4) is 0 Å². The summed E-state index contributed by atoms with van der Waals surface area (Å²) < 4.78 is 5.80. The van der Waals surface area contributed by atoms with Gasteiger partial charge in [0.15, 0.2) is 0 Å². The molecular formula is C27H32N4O2. The minimum Gasteiger partial charge on any atom is -0.465 e. The van der Waals surface area contributed by atoms with E-state index in [-0.39, 0.29) is 5.91 Å². The highest BCUT2D eigenvalue weighted by atomic mass is 16.3. The number of nitrogens with one attached hydrogen (secondary N) is 1. The normalized spacial score (nSPS) is 20.6. The zero-order valence-electron chi connectivity index (χ0n) is 19.7. The van der Waals surface area contributed by atoms with Crippen LogP contribution in [0.4, 0.5) is 0 Å². The zero-order chi connectivity index (χ0) is 22.9. The van der Waals surface area contributed by atoms with Crippen LogP contribution in [0.15, 0.2) is 35.1 Å². The smallest absolute Gasteiger partial charge is 0.254 e. The molecule has 0 aliphatic heterocycles. The molecule has 2 aliphatic carbocycles. The second-order valence-corrected chi connectivity index (χ2v) is 9.73. The molecule has 0 unspecified atom stereocenters. The first-order valence-corrected chi connectivity index (χ1v) is 12.1. The maximum absolute atomic E-state index is 12.7. The summed E-state index contributed by atoms with van der Waals surface area (Å²) >= 11 is 0. The third kappa shape index (κ3) is 4.70. The van der Waals surface area contributed by atoms with Crippen molar-refractivity contribution in [2.75, 3.05) is 6.54 Å². The van der Waals surface area contributed by atoms with Gasteiger partial charge in [0.1, 0.15) is 17.3 Å². The number of hydrogen-bond donors (Lipinski definition) is 1. The van der Waals surface area contributed by atoms with Crippen molar-refractivity contribution in [3.05, 3.63) is 64.9 Å². The molecular weight excluding hydrogens is 412 g/mol. The van der Waals surface area contributed by atoms with Gasteiger partial charge in [-0.05, 0) is 88.5 Å². The predicted molar refractivity (Wildman–Crippen MR) is 127 cm³/mol. The van der Waals surface area contributed by atoms with Crippen LogP contribution in [-0.2, 0) is 0 Å². The Bertz CT molecular complexity index is 1160. The molecule has 0 spiro atoms. The number of furan rings is 1. The molecule has 1 N–H and O–H groups in total. The molecule has 0 atom stereocenters. The molecule has 3 heterocycles. The van der Waals surface area contributed by atoms with E-state index in [2.05, 4.69) is 28.3 Å². The summed E-state index contributed by atoms with van der Waals surface area (Å²) in [5.74, 6) is 3.94. The fourth-order valence-corrected chi connectivity index (χ4v) is 5.05. The van der Waals surface area contributed by atoms with E-state index >= 15 is 0 Å². The van der Waals surface area contributed by atoms with Crippen LogP contribution >= 0.6 is 0 Å². The average Bonchev–Trinajstić information content (AvgIpc) is 3.60. The summed E-state index contributed by atoms with van der Waals surface area (Å²) in [6, 6.07) is 4.00. The third-order valence-electron chi connectivity index (χ3n) is 7.20. The molecule has 3 aromatic heterocycles. The lowest BCUT2D eigenvalue weighted by atomic mass is 9.78. The molecule has 0 aromatic carbocycles. The number of aryl methyl sites for hydroxylation is 3. The number of aromatic nitrogens is 3. The van der Waals surface area contributed by atoms with Crippen LogP contribution in [0.5, 0.6) is 0 Å². The second kappa shape index (κ2) is 9.08. The molecule has 3 aromatic rings. The molecule has 2 saturated carbocycles. The van der Waals surface area contributed by atoms with Gasteiger partial charge in [-0.2, -0.15) is 0 Å². The number of hydrogen-bond acceptors (Lipinski definition) is 5. The Kier molecular flexibility index (Phi) is 6.00. The summed E-state index contributed by atoms with van der Waals surface area (Å²) in [4.78, 5) is 26.3. The molecule has 0 saturated heterocycles. The van der Waals surface area contributed by atoms with E-state index in [0.717, 1.165) is 65.4 Å². The lowest BCUT2D eigenvalue weighted by Crippen LogP contribution is -2.31. The topological polar surface area (TPSA) is 80.9 Å². The molecule has 2 aliphatic rings. The fraction of sp³-hybridized carbons (Fsp3) is 0.481. The molecule has 0 radical (unpaired) electrons. The van der Waals surface area contributed by atoms with Crippen molar-refractivity contribution >= 4 is 5.91 Å². The number of rotatable bonds is 6. The number of carbonyl (C=O) groups excluding carboxylic acids is 1. The number of nitrogens with zero attached hydrogens (tertiary/aromatic N) is 3. The maximum Gasteiger partial charge on any atom is 0.254 e. The summed E-state index contributed by atoms with van der Waals surface area (Å²) in [6.07, 6.45) is 12.4. The van der Waals surface area contributed by atoms with Gasteiger partial charge in [0.25, 0.3) is 5.91 Å². The predicted octanol–water partition coefficient (Wildman–Crippen LogP) is 5.64. The fourth-order valence-electron chi connectivity index (χ4n) is 5.05. The summed E-state index contributed by atoms with van der Waals surface area (Å²) in [7, 11) is 0. The molecule has 1 amide bonds. The van der Waals surface area contributed by atoms with Gasteiger partial charge in [-0.25, -0.2) is 9.97 Å². The summed E-state index contributed by atoms with van der Waals surface area (Å²) in [5.41, 5.74) is 5.27. The van der Waals surface area contributed by atoms with Crippen molar-refractivity contribution in [2.45, 2.75) is 71.1 Å². The van der Waals surface area contributed by atoms with Gasteiger partial charge < -0.3 is 9.73 Å². The van der Waals surface area contributed by atoms with Gasteiger partial charge in [-0.1, -0.05) is 0 Å². The van der Waals surface area contributed by atoms with E-state index in [1.165, 1.54) is 12.8 Å². The van der Waals surface area contributed by atoms with Crippen LogP contribution in [-0.4, -0.2) is 27.4 Å². The SMILES string of the molecule is Cc1ncc(-c2ccncc2C)c(C2CCC(CNC(=O)c3cc(C4CC4)oc3C)CC2)n1. The van der Waals surface area contributed by atoms with Crippen molar-refractivity contribution in [3.63, 3.8) is 0 Å². The highest BCUT2D eigenvalue weighted by Gasteiger charge is 2.30. The standard InChI is InChI=1S/C27H32N4O2/c1-16-13-28-11-10-22(16)24-15-29-18(3)31-26(24)21-6-4-19(5-7-21)14-30-27(32)23-12-25(20-8-9-20)33-17(23)2/h10-13,15,19-21H,4-9,14H2,1-3H3,(H,30,32). The molecule has 5 rings (SSSR count). The Morgan fingerprint density at radius 1 is 1.03 bits per heavy atom. The van der Waals surface area contributed by atoms with Crippen LogP contribution in [0.1, 0.15) is 89.3 Å². The van der Waals surface area contributed by atoms with Crippen molar-refractivity contribution in [3.8, 4) is 11.1 Å². The minimum atomic E-state index is -0.00727. The maximum atomic E-state index is 12.7. The molecule has 172 valence electrons. The van der Waals surface area contributed by atoms with Gasteiger partial charge >= 0.3 is 0 Å². The molecule has 0 bridgehead atoms. The largest absolute Gasteiger partial charge is 0.465 e. The van der Waals surface area contributed by atoms with E-state index in [1.807, 2.05) is 38.5 Å². The highest BCUT2D eigenvalue weighted by molar-refractivity contribution is 5.95. The van der Waals surface area contributed by atoms with Crippen molar-refractivity contribution in [2.24, 2.45) is 5.92 Å². The Morgan fingerprint density at radius 2 is 1.79 bits per heavy atom. The summed E-state index contributed by atoms with van der Waals surface area (Å²) in [6.45, 7) is 6.65. The summed E-state index contributed by atoms with van der Waals surface area (Å²) in [5, 5.41) is 3.16. The van der Waals surface area contributed by atoms with Crippen LogP contribution < -0.4 is 5.32 Å². The van der Waals surface area contributed by atoms with Gasteiger partial charge in [-0.15, -0.1) is 0 Å². The zero-order valence-corrected chi connectivity index (χ0v) is 19.7. The van der Waals surface area contributed by atoms with Gasteiger partial charge in [-0.3, -0.25) is 9.78 Å². The lowest BCUT2D eigenvalue weighted by molar-refractivity contribution is 0.0941. The quantitative estimate of drug-likeness (QED) is 0.532. The Labute approximate surface area is 195 Å². The molecule has 33 heavy (non-hydrogen) atoms. The average molecular weight is 445 g/mol. The highest BCUT2D eigenvalue weighted by Crippen LogP contribution is 2.42. The lowest BCUT2D eigenvalue weighted by Gasteiger charge is -2.29. The Morgan fingerprint density at radius 3 is 2.52 bits per heavy atom. The van der Waals surface area contributed by atoms with Crippen LogP contribution in [0.2, 0.25) is 0 Å². The van der Waals surface area contributed by atoms with Crippen molar-refractivity contribution in [1.29, 1.82) is 0 Å². The minimum absolute atomic E-state index is 0.00727. The monoisotopic (exact) mass is 444 g/mol. The Balaban J connectivity index is 1.22. The molecule has 6 heteroatoms. The first-order valence-electron chi connectivity index (χ1n) is 12.1. The van der Waals surface area contributed by atoms with Crippen LogP contribution in [0.25, 0.3) is 11.1 Å². The van der Waals surface area contributed by atoms with Crippen molar-refractivity contribution in [1.82, 2.24) is 20.3 Å².